The van der Waals surface area contributed by atoms with Crippen molar-refractivity contribution < 1.29 is 38.1 Å². The van der Waals surface area contributed by atoms with Gasteiger partial charge < -0.3 is 14.9 Å². The number of aliphatic hydroxyl groups excluding tert-OH is 2. The Kier molecular flexibility index (Phi) is 5.53. The van der Waals surface area contributed by atoms with Crippen molar-refractivity contribution in [3.8, 4) is 0 Å². The molecule has 0 spiro atoms. The van der Waals surface area contributed by atoms with Gasteiger partial charge in [-0.2, -0.15) is 0 Å². The Morgan fingerprint density at radius 2 is 1.91 bits per heavy atom. The monoisotopic (exact) mass is 466 g/mol. The van der Waals surface area contributed by atoms with Gasteiger partial charge in [-0.15, -0.1) is 0 Å². The predicted octanol–water partition coefficient (Wildman–Crippen LogP) is 2.80. The van der Waals surface area contributed by atoms with Crippen LogP contribution in [0.25, 0.3) is 0 Å². The molecular weight excluding hydrogens is 434 g/mol. The van der Waals surface area contributed by atoms with E-state index in [2.05, 4.69) is 0 Å². The molecule has 4 rings (SSSR count). The molecule has 182 valence electrons. The Hall–Kier alpha value is -1.93. The number of fused-ring (bicyclic) bond motifs is 5. The second-order valence-corrected chi connectivity index (χ2v) is 10.6. The Balaban J connectivity index is 1.88. The maximum absolute atomic E-state index is 17.2. The minimum atomic E-state index is -2.28. The van der Waals surface area contributed by atoms with Crippen molar-refractivity contribution in [2.24, 2.45) is 28.6 Å². The molecule has 0 heterocycles. The summed E-state index contributed by atoms with van der Waals surface area (Å²) in [5.74, 6) is -3.89. The van der Waals surface area contributed by atoms with E-state index >= 15 is 8.78 Å². The van der Waals surface area contributed by atoms with E-state index in [1.54, 1.807) is 20.8 Å². The first-order valence-electron chi connectivity index (χ1n) is 11.7. The summed E-state index contributed by atoms with van der Waals surface area (Å²) in [4.78, 5) is 37.5. The molecule has 4 aliphatic carbocycles. The number of halogens is 2. The molecule has 0 aromatic carbocycles. The molecule has 3 saturated carbocycles. The fraction of sp³-hybridized carbons (Fsp3) is 0.720. The fourth-order valence-corrected chi connectivity index (χ4v) is 7.76. The summed E-state index contributed by atoms with van der Waals surface area (Å²) in [6, 6.07) is 0. The van der Waals surface area contributed by atoms with Gasteiger partial charge in [0.2, 0.25) is 5.78 Å². The van der Waals surface area contributed by atoms with Crippen molar-refractivity contribution in [1.29, 1.82) is 0 Å². The van der Waals surface area contributed by atoms with Crippen LogP contribution < -0.4 is 0 Å². The highest BCUT2D eigenvalue weighted by molar-refractivity contribution is 6.01. The van der Waals surface area contributed by atoms with E-state index in [-0.39, 0.29) is 31.3 Å². The van der Waals surface area contributed by atoms with E-state index in [1.807, 2.05) is 0 Å². The summed E-state index contributed by atoms with van der Waals surface area (Å²) in [5.41, 5.74) is -6.74. The Labute approximate surface area is 192 Å². The van der Waals surface area contributed by atoms with Gasteiger partial charge in [-0.05, 0) is 49.8 Å². The van der Waals surface area contributed by atoms with Crippen LogP contribution in [-0.2, 0) is 19.1 Å². The molecule has 2 N–H and O–H groups in total. The van der Waals surface area contributed by atoms with Crippen molar-refractivity contribution in [3.63, 3.8) is 0 Å². The van der Waals surface area contributed by atoms with Crippen molar-refractivity contribution in [1.82, 2.24) is 0 Å². The molecule has 0 unspecified atom stereocenters. The van der Waals surface area contributed by atoms with Crippen LogP contribution >= 0.6 is 0 Å². The summed E-state index contributed by atoms with van der Waals surface area (Å²) in [5, 5.41) is 21.1. The topological polar surface area (TPSA) is 101 Å². The molecule has 8 heteroatoms. The molecule has 0 saturated heterocycles. The van der Waals surface area contributed by atoms with Crippen LogP contribution in [0.3, 0.4) is 0 Å². The van der Waals surface area contributed by atoms with Crippen LogP contribution in [-0.4, -0.2) is 57.9 Å². The summed E-state index contributed by atoms with van der Waals surface area (Å²) in [6.45, 7) is 5.62. The van der Waals surface area contributed by atoms with Gasteiger partial charge in [0.15, 0.2) is 17.1 Å². The Morgan fingerprint density at radius 3 is 2.52 bits per heavy atom. The average Bonchev–Trinajstić information content (AvgIpc) is 2.98. The van der Waals surface area contributed by atoms with E-state index in [1.165, 1.54) is 19.1 Å². The number of allylic oxidation sites excluding steroid dienone is 4. The van der Waals surface area contributed by atoms with E-state index in [4.69, 9.17) is 4.74 Å². The minimum Gasteiger partial charge on any atom is -0.450 e. The van der Waals surface area contributed by atoms with Crippen molar-refractivity contribution in [3.05, 3.63) is 23.8 Å². The second kappa shape index (κ2) is 7.54. The number of hydrogen-bond acceptors (Lipinski definition) is 6. The molecule has 4 aliphatic rings. The lowest BCUT2D eigenvalue weighted by molar-refractivity contribution is -0.231. The molecule has 6 nitrogen and oxygen atoms in total. The number of rotatable bonds is 4. The highest BCUT2D eigenvalue weighted by Crippen LogP contribution is 2.71. The first kappa shape index (κ1) is 24.2. The average molecular weight is 467 g/mol. The maximum Gasteiger partial charge on any atom is 0.306 e. The fourth-order valence-electron chi connectivity index (χ4n) is 7.76. The van der Waals surface area contributed by atoms with E-state index in [9.17, 15) is 24.6 Å². The lowest BCUT2D eigenvalue weighted by atomic mass is 9.44. The quantitative estimate of drug-likeness (QED) is 0.618. The van der Waals surface area contributed by atoms with Gasteiger partial charge in [-0.25, -0.2) is 8.78 Å². The number of ether oxygens (including phenoxy) is 1. The number of carbonyl (C=O) groups is 3. The summed E-state index contributed by atoms with van der Waals surface area (Å²) < 4.78 is 38.4. The number of esters is 1. The van der Waals surface area contributed by atoms with Gasteiger partial charge in [-0.1, -0.05) is 26.8 Å². The zero-order chi connectivity index (χ0) is 24.6. The third-order valence-electron chi connectivity index (χ3n) is 9.29. The number of ketones is 2. The molecule has 0 bridgehead atoms. The van der Waals surface area contributed by atoms with Crippen LogP contribution in [0.4, 0.5) is 8.78 Å². The molecule has 0 aromatic heterocycles. The van der Waals surface area contributed by atoms with E-state index < -0.39 is 76.3 Å². The lowest BCUT2D eigenvalue weighted by Crippen LogP contribution is -2.71. The number of aliphatic hydroxyl groups is 2. The molecule has 0 aliphatic heterocycles. The van der Waals surface area contributed by atoms with Crippen molar-refractivity contribution in [2.75, 3.05) is 6.61 Å². The summed E-state index contributed by atoms with van der Waals surface area (Å²) >= 11 is 0. The van der Waals surface area contributed by atoms with Gasteiger partial charge in [0.05, 0.1) is 6.10 Å². The smallest absolute Gasteiger partial charge is 0.306 e. The molecule has 0 radical (unpaired) electrons. The third kappa shape index (κ3) is 2.80. The number of hydrogen-bond donors (Lipinski definition) is 2. The zero-order valence-corrected chi connectivity index (χ0v) is 19.4. The number of alkyl halides is 2. The van der Waals surface area contributed by atoms with Crippen LogP contribution in [0.2, 0.25) is 0 Å². The van der Waals surface area contributed by atoms with Gasteiger partial charge in [0.1, 0.15) is 12.8 Å². The van der Waals surface area contributed by atoms with Crippen LogP contribution in [0, 0.1) is 28.6 Å². The van der Waals surface area contributed by atoms with Gasteiger partial charge in [0, 0.05) is 29.1 Å². The minimum absolute atomic E-state index is 0.00452. The van der Waals surface area contributed by atoms with Crippen LogP contribution in [0.1, 0.15) is 53.4 Å². The highest BCUT2D eigenvalue weighted by Gasteiger charge is 2.77. The second-order valence-electron chi connectivity index (χ2n) is 10.6. The first-order valence-corrected chi connectivity index (χ1v) is 11.7. The van der Waals surface area contributed by atoms with Gasteiger partial charge in [0.25, 0.3) is 0 Å². The zero-order valence-electron chi connectivity index (χ0n) is 19.4. The molecule has 0 aromatic rings. The lowest BCUT2D eigenvalue weighted by Gasteiger charge is -2.63. The van der Waals surface area contributed by atoms with Gasteiger partial charge >= 0.3 is 5.97 Å². The molecule has 3 fully saturated rings. The summed E-state index contributed by atoms with van der Waals surface area (Å²) in [6.07, 6.45) is 0.299. The molecule has 0 amide bonds. The predicted molar refractivity (Wildman–Crippen MR) is 114 cm³/mol. The highest BCUT2D eigenvalue weighted by atomic mass is 19.1. The number of carbonyl (C=O) groups excluding carboxylic acids is 3. The van der Waals surface area contributed by atoms with Crippen LogP contribution in [0.5, 0.6) is 0 Å². The molecular formula is C25H32F2O6. The normalized spacial score (nSPS) is 48.4. The maximum atomic E-state index is 17.2. The molecule has 33 heavy (non-hydrogen) atoms. The Bertz CT molecular complexity index is 961. The number of Topliss-reactive ketones (excluding diaryl/α,β-unsaturated/α-hetero) is 1. The van der Waals surface area contributed by atoms with E-state index in [0.717, 1.165) is 6.08 Å². The standard InChI is InChI=1S/C25H32F2O6/c1-5-21(32)33-25(20(31)12-28)13(2)8-15-16-10-18(26)17-9-14(29)6-7-22(17,3)24(16,27)19(30)11-23(15,25)4/h6-7,9,13,15-16,18-19,28,30H,5,8,10-12H2,1-4H3/t13-,15-,16-,18-,19-,22-,23-,24-,25-/m0/s1. The van der Waals surface area contributed by atoms with Crippen LogP contribution in [0.15, 0.2) is 23.8 Å². The summed E-state index contributed by atoms with van der Waals surface area (Å²) in [7, 11) is 0. The largest absolute Gasteiger partial charge is 0.450 e. The third-order valence-corrected chi connectivity index (χ3v) is 9.29. The van der Waals surface area contributed by atoms with Crippen molar-refractivity contribution in [2.45, 2.75) is 76.9 Å². The first-order chi connectivity index (χ1) is 15.3. The molecule has 9 atom stereocenters. The SMILES string of the molecule is CCC(=O)O[C@]1(C(=O)CO)[C@@H](C)C[C@H]2[C@@H]3C[C@H](F)C4=CC(=O)C=C[C@]4(C)[C@@]3(F)[C@@H](O)C[C@@]21C. The van der Waals surface area contributed by atoms with Crippen molar-refractivity contribution >= 4 is 17.5 Å². The van der Waals surface area contributed by atoms with E-state index in [0.29, 0.717) is 0 Å². The van der Waals surface area contributed by atoms with Gasteiger partial charge in [-0.3, -0.25) is 14.4 Å². The Morgan fingerprint density at radius 1 is 1.24 bits per heavy atom.